The highest BCUT2D eigenvalue weighted by Gasteiger charge is 2.09. The lowest BCUT2D eigenvalue weighted by atomic mass is 10.2. The zero-order valence-corrected chi connectivity index (χ0v) is 8.33. The highest BCUT2D eigenvalue weighted by molar-refractivity contribution is 5.21. The molecule has 2 N–H and O–H groups in total. The van der Waals surface area contributed by atoms with E-state index in [1.807, 2.05) is 0 Å². The average Bonchev–Trinajstić information content (AvgIpc) is 2.95. The molecule has 0 aliphatic carbocycles. The van der Waals surface area contributed by atoms with E-state index in [1.165, 1.54) is 12.5 Å². The Bertz CT molecular complexity index is 429. The first kappa shape index (κ1) is 10.6. The summed E-state index contributed by atoms with van der Waals surface area (Å²) >= 11 is 0. The number of aliphatic hydroxyl groups excluding tert-OH is 2. The van der Waals surface area contributed by atoms with E-state index in [0.29, 0.717) is 11.5 Å². The Hall–Kier alpha value is -1.96. The van der Waals surface area contributed by atoms with Gasteiger partial charge in [0.05, 0.1) is 12.5 Å². The summed E-state index contributed by atoms with van der Waals surface area (Å²) in [6.07, 6.45) is 0.811. The van der Waals surface area contributed by atoms with Crippen molar-refractivity contribution in [3.05, 3.63) is 48.3 Å². The second-order valence-electron chi connectivity index (χ2n) is 3.12. The van der Waals surface area contributed by atoms with Gasteiger partial charge < -0.3 is 19.0 Å². The van der Waals surface area contributed by atoms with Crippen LogP contribution in [0.3, 0.4) is 0 Å². The van der Waals surface area contributed by atoms with E-state index in [1.54, 1.807) is 24.3 Å². The Kier molecular flexibility index (Phi) is 3.10. The fraction of sp³-hybridized carbons (Fsp3) is 0.167. The van der Waals surface area contributed by atoms with E-state index in [9.17, 15) is 10.2 Å². The van der Waals surface area contributed by atoms with Gasteiger partial charge in [0, 0.05) is 0 Å². The summed E-state index contributed by atoms with van der Waals surface area (Å²) in [5.41, 5.74) is 0. The van der Waals surface area contributed by atoms with Crippen LogP contribution in [0.1, 0.15) is 23.7 Å². The molecule has 2 rings (SSSR count). The molecule has 2 atom stereocenters. The number of hydrogen-bond acceptors (Lipinski definition) is 4. The van der Waals surface area contributed by atoms with Gasteiger partial charge in [-0.3, -0.25) is 0 Å². The normalized spacial score (nSPS) is 13.9. The van der Waals surface area contributed by atoms with Crippen LogP contribution in [0, 0.1) is 11.8 Å². The Morgan fingerprint density at radius 1 is 0.875 bits per heavy atom. The molecule has 0 aliphatic heterocycles. The van der Waals surface area contributed by atoms with Crippen LogP contribution in [0.4, 0.5) is 0 Å². The molecular weight excluding hydrogens is 208 g/mol. The molecule has 4 nitrogen and oxygen atoms in total. The fourth-order valence-corrected chi connectivity index (χ4v) is 1.19. The van der Waals surface area contributed by atoms with E-state index in [0.717, 1.165) is 0 Å². The second kappa shape index (κ2) is 4.71. The molecule has 0 bridgehead atoms. The monoisotopic (exact) mass is 218 g/mol. The lowest BCUT2D eigenvalue weighted by Crippen LogP contribution is -1.94. The molecule has 82 valence electrons. The number of hydrogen-bond donors (Lipinski definition) is 2. The zero-order valence-electron chi connectivity index (χ0n) is 8.33. The van der Waals surface area contributed by atoms with Crippen LogP contribution in [0.25, 0.3) is 0 Å². The summed E-state index contributed by atoms with van der Waals surface area (Å²) in [7, 11) is 0. The van der Waals surface area contributed by atoms with E-state index in [4.69, 9.17) is 8.83 Å². The number of rotatable bonds is 2. The van der Waals surface area contributed by atoms with E-state index < -0.39 is 12.2 Å². The minimum atomic E-state index is -1.04. The summed E-state index contributed by atoms with van der Waals surface area (Å²) in [5.74, 6) is 5.64. The third kappa shape index (κ3) is 2.34. The predicted octanol–water partition coefficient (Wildman–Crippen LogP) is 1.64. The van der Waals surface area contributed by atoms with Gasteiger partial charge in [-0.05, 0) is 24.3 Å². The topological polar surface area (TPSA) is 66.7 Å². The van der Waals surface area contributed by atoms with Gasteiger partial charge in [0.2, 0.25) is 0 Å². The molecule has 0 spiro atoms. The van der Waals surface area contributed by atoms with Crippen LogP contribution in [0.2, 0.25) is 0 Å². The molecule has 4 heteroatoms. The maximum atomic E-state index is 9.55. The summed E-state index contributed by atoms with van der Waals surface area (Å²) in [6, 6.07) is 6.53. The van der Waals surface area contributed by atoms with Crippen molar-refractivity contribution in [3.8, 4) is 11.8 Å². The van der Waals surface area contributed by atoms with E-state index in [-0.39, 0.29) is 0 Å². The molecule has 2 heterocycles. The van der Waals surface area contributed by atoms with Gasteiger partial charge in [-0.2, -0.15) is 0 Å². The van der Waals surface area contributed by atoms with Crippen molar-refractivity contribution >= 4 is 0 Å². The van der Waals surface area contributed by atoms with Gasteiger partial charge in [-0.15, -0.1) is 0 Å². The maximum absolute atomic E-state index is 9.55. The molecule has 0 saturated carbocycles. The first-order valence-electron chi connectivity index (χ1n) is 4.71. The number of furan rings is 2. The van der Waals surface area contributed by atoms with Crippen molar-refractivity contribution in [2.45, 2.75) is 12.2 Å². The molecule has 0 amide bonds. The molecule has 0 unspecified atom stereocenters. The quantitative estimate of drug-likeness (QED) is 0.752. The second-order valence-corrected chi connectivity index (χ2v) is 3.12. The van der Waals surface area contributed by atoms with Crippen molar-refractivity contribution in [2.24, 2.45) is 0 Å². The lowest BCUT2D eigenvalue weighted by Gasteiger charge is -1.99. The van der Waals surface area contributed by atoms with Gasteiger partial charge in [-0.1, -0.05) is 11.8 Å². The van der Waals surface area contributed by atoms with Gasteiger partial charge in [0.25, 0.3) is 0 Å². The predicted molar refractivity (Wildman–Crippen MR) is 55.1 cm³/mol. The Morgan fingerprint density at radius 3 is 1.62 bits per heavy atom. The highest BCUT2D eigenvalue weighted by atomic mass is 16.4. The van der Waals surface area contributed by atoms with Crippen LogP contribution in [-0.4, -0.2) is 10.2 Å². The molecule has 0 radical (unpaired) electrons. The van der Waals surface area contributed by atoms with Crippen molar-refractivity contribution in [3.63, 3.8) is 0 Å². The van der Waals surface area contributed by atoms with Crippen molar-refractivity contribution in [2.75, 3.05) is 0 Å². The average molecular weight is 218 g/mol. The van der Waals surface area contributed by atoms with Crippen molar-refractivity contribution < 1.29 is 19.0 Å². The fourth-order valence-electron chi connectivity index (χ4n) is 1.19. The highest BCUT2D eigenvalue weighted by Crippen LogP contribution is 2.14. The molecule has 0 aliphatic rings. The third-order valence-corrected chi connectivity index (χ3v) is 1.98. The summed E-state index contributed by atoms with van der Waals surface area (Å²) in [5, 5.41) is 19.1. The SMILES string of the molecule is O[C@@H](C#C[C@H](O)c1ccco1)c1ccco1. The van der Waals surface area contributed by atoms with Gasteiger partial charge in [-0.25, -0.2) is 0 Å². The van der Waals surface area contributed by atoms with Crippen molar-refractivity contribution in [1.29, 1.82) is 0 Å². The molecule has 2 aromatic rings. The Morgan fingerprint density at radius 2 is 1.31 bits per heavy atom. The molecule has 0 saturated heterocycles. The van der Waals surface area contributed by atoms with Crippen LogP contribution < -0.4 is 0 Å². The summed E-state index contributed by atoms with van der Waals surface area (Å²) in [4.78, 5) is 0. The van der Waals surface area contributed by atoms with Gasteiger partial charge in [0.1, 0.15) is 11.5 Å². The Labute approximate surface area is 92.1 Å². The lowest BCUT2D eigenvalue weighted by molar-refractivity contribution is 0.196. The Balaban J connectivity index is 2.05. The molecular formula is C12H10O4. The summed E-state index contributed by atoms with van der Waals surface area (Å²) < 4.78 is 9.92. The minimum absolute atomic E-state index is 0.346. The summed E-state index contributed by atoms with van der Waals surface area (Å²) in [6.45, 7) is 0. The molecule has 16 heavy (non-hydrogen) atoms. The molecule has 0 aromatic carbocycles. The smallest absolute Gasteiger partial charge is 0.172 e. The van der Waals surface area contributed by atoms with E-state index in [2.05, 4.69) is 11.8 Å². The zero-order chi connectivity index (χ0) is 11.4. The minimum Gasteiger partial charge on any atom is -0.466 e. The van der Waals surface area contributed by atoms with Gasteiger partial charge >= 0.3 is 0 Å². The maximum Gasteiger partial charge on any atom is 0.172 e. The van der Waals surface area contributed by atoms with Crippen LogP contribution in [0.15, 0.2) is 45.6 Å². The van der Waals surface area contributed by atoms with Crippen LogP contribution in [0.5, 0.6) is 0 Å². The standard InChI is InChI=1S/C12H10O4/c13-9(11-3-1-7-15-11)5-6-10(14)12-4-2-8-16-12/h1-4,7-10,13-14H/t9-,10-/m0/s1. The van der Waals surface area contributed by atoms with Crippen LogP contribution >= 0.6 is 0 Å². The molecule has 0 fully saturated rings. The number of aliphatic hydroxyl groups is 2. The largest absolute Gasteiger partial charge is 0.466 e. The van der Waals surface area contributed by atoms with E-state index >= 15 is 0 Å². The molecule has 2 aromatic heterocycles. The first-order chi connectivity index (χ1) is 7.77. The third-order valence-electron chi connectivity index (χ3n) is 1.98. The first-order valence-corrected chi connectivity index (χ1v) is 4.71. The van der Waals surface area contributed by atoms with Crippen molar-refractivity contribution in [1.82, 2.24) is 0 Å². The van der Waals surface area contributed by atoms with Crippen LogP contribution in [-0.2, 0) is 0 Å². The van der Waals surface area contributed by atoms with Gasteiger partial charge in [0.15, 0.2) is 12.2 Å².